The Hall–Kier alpha value is -1.83. The molecule has 1 aliphatic heterocycles. The van der Waals surface area contributed by atoms with E-state index in [1.807, 2.05) is 0 Å². The number of nitrogens with two attached hydrogens (primary N) is 2. The molecule has 5 N–H and O–H groups in total. The van der Waals surface area contributed by atoms with Crippen LogP contribution in [0.3, 0.4) is 0 Å². The van der Waals surface area contributed by atoms with Gasteiger partial charge < -0.3 is 26.2 Å². The predicted molar refractivity (Wildman–Crippen MR) is 220 cm³/mol. The van der Waals surface area contributed by atoms with E-state index in [1.54, 1.807) is 0 Å². The smallest absolute Gasteiger partial charge is 0.223 e. The van der Waals surface area contributed by atoms with Gasteiger partial charge in [0, 0.05) is 68.0 Å². The third-order valence-electron chi connectivity index (χ3n) is 18.8. The van der Waals surface area contributed by atoms with Gasteiger partial charge in [0.15, 0.2) is 0 Å². The number of fused-ring (bicyclic) bond motifs is 7. The van der Waals surface area contributed by atoms with Crippen LogP contribution >= 0.6 is 0 Å². The highest BCUT2D eigenvalue weighted by Gasteiger charge is 2.77. The summed E-state index contributed by atoms with van der Waals surface area (Å²) in [5.41, 5.74) is 16.0. The highest BCUT2D eigenvalue weighted by Crippen LogP contribution is 2.79. The minimum atomic E-state index is -0.408. The summed E-state index contributed by atoms with van der Waals surface area (Å²) >= 11 is 0. The average Bonchev–Trinajstić information content (AvgIpc) is 3.85. The van der Waals surface area contributed by atoms with Gasteiger partial charge in [-0.25, -0.2) is 0 Å². The van der Waals surface area contributed by atoms with Gasteiger partial charge in [-0.2, -0.15) is 0 Å². The molecule has 0 bridgehead atoms. The van der Waals surface area contributed by atoms with Crippen LogP contribution in [0.1, 0.15) is 152 Å². The standard InChI is InChI=1S/C47H78N4O3/c1-31(2)35-14-18-45(30-38(53)51-26-24-50(25-27-51)34-12-13-34)22-21-44(11)42(9)20-23-47(49)41(7,8)37(54-33(4)29-40(5,6)28-32(3)52)16-17-43(47,10)36(42)15-19-46(44,48)39(35)45/h34-37,39,52H,1,3-4,12-30,48-49H2,2,5-11H3/t35-,36-,37?,39-,42+,43+,44-,45+,46?,47+/m0/s1. The number of nitrogens with zero attached hydrogens (tertiary/aromatic N) is 2. The molecule has 1 heterocycles. The zero-order valence-corrected chi connectivity index (χ0v) is 35.8. The SMILES string of the molecule is C=C(O)CC(C)(C)CC(=C)OC1CC[C@]2(C)[C@H]3CCC4(N)[C@H]5[C@H](C(=C)C)CC[C@]5(CC(=O)N5CCN(C6CC6)CC5)CC[C@@]4(C)[C@]3(C)CC[C@@]2(N)C1(C)C. The summed E-state index contributed by atoms with van der Waals surface area (Å²) in [6.07, 6.45) is 14.9. The van der Waals surface area contributed by atoms with Crippen molar-refractivity contribution in [2.45, 2.75) is 175 Å². The van der Waals surface area contributed by atoms with E-state index in [-0.39, 0.29) is 55.8 Å². The maximum atomic E-state index is 14.3. The second kappa shape index (κ2) is 13.1. The number of carbonyl (C=O) groups is 1. The van der Waals surface area contributed by atoms with Crippen molar-refractivity contribution in [3.8, 4) is 0 Å². The van der Waals surface area contributed by atoms with Crippen molar-refractivity contribution < 1.29 is 14.6 Å². The molecule has 0 spiro atoms. The van der Waals surface area contributed by atoms with Gasteiger partial charge in [0.1, 0.15) is 6.10 Å². The first-order valence-electron chi connectivity index (χ1n) is 22.0. The van der Waals surface area contributed by atoms with E-state index < -0.39 is 5.54 Å². The van der Waals surface area contributed by atoms with Gasteiger partial charge in [0.25, 0.3) is 0 Å². The Kier molecular flexibility index (Phi) is 9.79. The van der Waals surface area contributed by atoms with Crippen molar-refractivity contribution in [1.29, 1.82) is 0 Å². The fraction of sp³-hybridized carbons (Fsp3) is 0.851. The lowest BCUT2D eigenvalue weighted by atomic mass is 9.29. The summed E-state index contributed by atoms with van der Waals surface area (Å²) < 4.78 is 6.81. The van der Waals surface area contributed by atoms with Crippen LogP contribution in [0.2, 0.25) is 0 Å². The molecule has 0 aromatic rings. The monoisotopic (exact) mass is 747 g/mol. The van der Waals surface area contributed by atoms with Crippen molar-refractivity contribution in [1.82, 2.24) is 9.80 Å². The zero-order chi connectivity index (χ0) is 39.5. The normalized spacial score (nSPS) is 44.7. The maximum absolute atomic E-state index is 14.3. The number of rotatable bonds is 10. The zero-order valence-electron chi connectivity index (χ0n) is 35.8. The molecule has 304 valence electrons. The van der Waals surface area contributed by atoms with Gasteiger partial charge in [0.05, 0.1) is 11.5 Å². The number of piperazine rings is 1. The molecular formula is C47H78N4O3. The van der Waals surface area contributed by atoms with E-state index in [0.29, 0.717) is 37.0 Å². The lowest BCUT2D eigenvalue weighted by molar-refractivity contribution is -0.262. The predicted octanol–water partition coefficient (Wildman–Crippen LogP) is 9.28. The first kappa shape index (κ1) is 40.4. The molecule has 7 nitrogen and oxygen atoms in total. The molecule has 1 amide bonds. The van der Waals surface area contributed by atoms with Gasteiger partial charge in [0.2, 0.25) is 5.91 Å². The summed E-state index contributed by atoms with van der Waals surface area (Å²) in [7, 11) is 0. The molecule has 10 atom stereocenters. The van der Waals surface area contributed by atoms with Gasteiger partial charge in [-0.1, -0.05) is 73.8 Å². The second-order valence-electron chi connectivity index (χ2n) is 22.4. The van der Waals surface area contributed by atoms with Crippen LogP contribution in [-0.4, -0.2) is 70.2 Å². The first-order valence-corrected chi connectivity index (χ1v) is 22.0. The van der Waals surface area contributed by atoms with E-state index in [4.69, 9.17) is 16.2 Å². The Morgan fingerprint density at radius 2 is 1.48 bits per heavy atom. The summed E-state index contributed by atoms with van der Waals surface area (Å²) in [6.45, 7) is 35.4. The van der Waals surface area contributed by atoms with Crippen LogP contribution in [-0.2, 0) is 9.53 Å². The molecule has 6 aliphatic carbocycles. The van der Waals surface area contributed by atoms with E-state index in [9.17, 15) is 9.90 Å². The van der Waals surface area contributed by atoms with Crippen LogP contribution in [0.5, 0.6) is 0 Å². The van der Waals surface area contributed by atoms with Crippen molar-refractivity contribution in [3.63, 3.8) is 0 Å². The minimum Gasteiger partial charge on any atom is -0.513 e. The Morgan fingerprint density at radius 3 is 2.09 bits per heavy atom. The molecule has 0 radical (unpaired) electrons. The quantitative estimate of drug-likeness (QED) is 0.152. The third kappa shape index (κ3) is 5.84. The largest absolute Gasteiger partial charge is 0.513 e. The summed E-state index contributed by atoms with van der Waals surface area (Å²) in [5, 5.41) is 9.91. The highest BCUT2D eigenvalue weighted by molar-refractivity contribution is 5.77. The lowest BCUT2D eigenvalue weighted by Crippen LogP contribution is -2.80. The fourth-order valence-electron chi connectivity index (χ4n) is 15.5. The summed E-state index contributed by atoms with van der Waals surface area (Å²) in [5.74, 6) is 2.43. The van der Waals surface area contributed by atoms with Crippen molar-refractivity contribution >= 4 is 5.91 Å². The van der Waals surface area contributed by atoms with Crippen molar-refractivity contribution in [2.24, 2.45) is 61.7 Å². The minimum absolute atomic E-state index is 0.0207. The van der Waals surface area contributed by atoms with E-state index in [1.165, 1.54) is 18.4 Å². The van der Waals surface area contributed by atoms with Gasteiger partial charge >= 0.3 is 0 Å². The number of carbonyl (C=O) groups excluding carboxylic acids is 1. The molecule has 6 saturated carbocycles. The van der Waals surface area contributed by atoms with Gasteiger partial charge in [-0.05, 0) is 129 Å². The summed E-state index contributed by atoms with van der Waals surface area (Å²) in [6, 6.07) is 0.768. The van der Waals surface area contributed by atoms with Crippen LogP contribution in [0.4, 0.5) is 0 Å². The number of ether oxygens (including phenoxy) is 1. The number of allylic oxidation sites excluding steroid dienone is 3. The Morgan fingerprint density at radius 1 is 0.815 bits per heavy atom. The number of hydrogen-bond donors (Lipinski definition) is 3. The lowest BCUT2D eigenvalue weighted by Gasteiger charge is -2.77. The number of aliphatic hydroxyl groups excluding tert-OH is 1. The molecular weight excluding hydrogens is 669 g/mol. The average molecular weight is 747 g/mol. The van der Waals surface area contributed by atoms with Crippen molar-refractivity contribution in [2.75, 3.05) is 26.2 Å². The second-order valence-corrected chi connectivity index (χ2v) is 22.4. The Bertz CT molecular complexity index is 1540. The van der Waals surface area contributed by atoms with E-state index >= 15 is 0 Å². The van der Waals surface area contributed by atoms with E-state index in [2.05, 4.69) is 84.9 Å². The van der Waals surface area contributed by atoms with Crippen LogP contribution in [0.15, 0.2) is 36.8 Å². The molecule has 0 aromatic heterocycles. The fourth-order valence-corrected chi connectivity index (χ4v) is 15.5. The van der Waals surface area contributed by atoms with E-state index in [0.717, 1.165) is 102 Å². The molecule has 1 saturated heterocycles. The number of aliphatic hydroxyl groups is 1. The van der Waals surface area contributed by atoms with Gasteiger partial charge in [-0.15, -0.1) is 0 Å². The molecule has 54 heavy (non-hydrogen) atoms. The molecule has 0 aromatic carbocycles. The van der Waals surface area contributed by atoms with Crippen molar-refractivity contribution in [3.05, 3.63) is 36.8 Å². The number of amides is 1. The molecule has 7 fully saturated rings. The molecule has 7 heteroatoms. The molecule has 7 rings (SSSR count). The molecule has 2 unspecified atom stereocenters. The summed E-state index contributed by atoms with van der Waals surface area (Å²) in [4.78, 5) is 19.1. The van der Waals surface area contributed by atoms with Crippen LogP contribution in [0.25, 0.3) is 0 Å². The molecule has 7 aliphatic rings. The first-order chi connectivity index (χ1) is 25.0. The van der Waals surface area contributed by atoms with Crippen LogP contribution in [0, 0.1) is 50.2 Å². The Balaban J connectivity index is 1.14. The topological polar surface area (TPSA) is 105 Å². The third-order valence-corrected chi connectivity index (χ3v) is 18.8. The number of hydrogen-bond acceptors (Lipinski definition) is 6. The highest BCUT2D eigenvalue weighted by atomic mass is 16.5. The Labute approximate surface area is 329 Å². The van der Waals surface area contributed by atoms with Gasteiger partial charge in [-0.3, -0.25) is 9.69 Å². The maximum Gasteiger partial charge on any atom is 0.223 e. The van der Waals surface area contributed by atoms with Crippen LogP contribution < -0.4 is 11.5 Å².